The van der Waals surface area contributed by atoms with Gasteiger partial charge in [0.2, 0.25) is 0 Å². The van der Waals surface area contributed by atoms with Gasteiger partial charge in [-0.2, -0.15) is 0 Å². The van der Waals surface area contributed by atoms with E-state index in [4.69, 9.17) is 4.74 Å². The van der Waals surface area contributed by atoms with Crippen LogP contribution in [0.2, 0.25) is 0 Å². The van der Waals surface area contributed by atoms with Crippen molar-refractivity contribution in [1.29, 1.82) is 0 Å². The molecule has 2 atom stereocenters. The molecular formula is C19H25NO2. The Kier molecular flexibility index (Phi) is 3.75. The summed E-state index contributed by atoms with van der Waals surface area (Å²) in [5.41, 5.74) is 3.50. The highest BCUT2D eigenvalue weighted by Gasteiger charge is 2.38. The molecule has 1 aromatic carbocycles. The lowest BCUT2D eigenvalue weighted by molar-refractivity contribution is 0.0127. The summed E-state index contributed by atoms with van der Waals surface area (Å²) in [4.78, 5) is 14.5. The summed E-state index contributed by atoms with van der Waals surface area (Å²) in [5.74, 6) is 0.390. The van der Waals surface area contributed by atoms with Crippen LogP contribution < -0.4 is 0 Å². The Balaban J connectivity index is 1.95. The molecule has 0 N–H and O–H groups in total. The second kappa shape index (κ2) is 5.45. The van der Waals surface area contributed by atoms with E-state index in [2.05, 4.69) is 37.3 Å². The molecule has 0 bridgehead atoms. The van der Waals surface area contributed by atoms with Crippen LogP contribution in [0, 0.1) is 6.92 Å². The number of hydrogen-bond donors (Lipinski definition) is 0. The third-order valence-electron chi connectivity index (χ3n) is 4.42. The maximum Gasteiger partial charge on any atom is 0.411 e. The van der Waals surface area contributed by atoms with Crippen LogP contribution in [0.4, 0.5) is 4.79 Å². The summed E-state index contributed by atoms with van der Waals surface area (Å²) in [6.07, 6.45) is 6.34. The molecule has 0 fully saturated rings. The molecule has 0 saturated carbocycles. The Labute approximate surface area is 133 Å². The van der Waals surface area contributed by atoms with Crippen molar-refractivity contribution in [2.75, 3.05) is 0 Å². The van der Waals surface area contributed by atoms with Crippen LogP contribution in [0.3, 0.4) is 0 Å². The smallest absolute Gasteiger partial charge is 0.411 e. The van der Waals surface area contributed by atoms with Crippen LogP contribution in [0.25, 0.3) is 0 Å². The van der Waals surface area contributed by atoms with Crippen LogP contribution in [0.5, 0.6) is 0 Å². The molecule has 0 saturated heterocycles. The fraction of sp³-hybridized carbons (Fsp3) is 0.526. The predicted octanol–water partition coefficient (Wildman–Crippen LogP) is 4.55. The molecule has 1 amide bonds. The number of nitrogens with zero attached hydrogens (tertiary/aromatic N) is 1. The highest BCUT2D eigenvalue weighted by atomic mass is 16.6. The average molecular weight is 299 g/mol. The Morgan fingerprint density at radius 2 is 2.09 bits per heavy atom. The van der Waals surface area contributed by atoms with E-state index in [1.165, 1.54) is 16.7 Å². The molecule has 1 heterocycles. The molecule has 1 aliphatic heterocycles. The molecule has 3 nitrogen and oxygen atoms in total. The molecule has 1 aromatic rings. The molecule has 3 rings (SSSR count). The minimum atomic E-state index is -0.460. The summed E-state index contributed by atoms with van der Waals surface area (Å²) in [7, 11) is 0. The van der Waals surface area contributed by atoms with Gasteiger partial charge in [-0.3, -0.25) is 4.90 Å². The van der Waals surface area contributed by atoms with Gasteiger partial charge in [0, 0.05) is 12.5 Å². The fourth-order valence-corrected chi connectivity index (χ4v) is 3.48. The average Bonchev–Trinajstić information content (AvgIpc) is 2.44. The van der Waals surface area contributed by atoms with Crippen LogP contribution in [-0.2, 0) is 11.3 Å². The molecule has 22 heavy (non-hydrogen) atoms. The van der Waals surface area contributed by atoms with E-state index in [0.717, 1.165) is 12.8 Å². The van der Waals surface area contributed by atoms with Gasteiger partial charge in [-0.15, -0.1) is 0 Å². The zero-order chi connectivity index (χ0) is 15.9. The van der Waals surface area contributed by atoms with Crippen molar-refractivity contribution in [3.05, 3.63) is 47.0 Å². The Hall–Kier alpha value is -1.77. The molecule has 0 spiro atoms. The Morgan fingerprint density at radius 3 is 2.82 bits per heavy atom. The van der Waals surface area contributed by atoms with Gasteiger partial charge in [0.1, 0.15) is 5.60 Å². The maximum absolute atomic E-state index is 12.6. The molecule has 3 heteroatoms. The zero-order valence-corrected chi connectivity index (χ0v) is 13.9. The normalized spacial score (nSPS) is 23.7. The quantitative estimate of drug-likeness (QED) is 0.658. The molecule has 0 radical (unpaired) electrons. The van der Waals surface area contributed by atoms with Crippen LogP contribution >= 0.6 is 0 Å². The molecular weight excluding hydrogens is 274 g/mol. The van der Waals surface area contributed by atoms with E-state index in [0.29, 0.717) is 12.5 Å². The van der Waals surface area contributed by atoms with E-state index in [1.54, 1.807) is 0 Å². The van der Waals surface area contributed by atoms with Gasteiger partial charge in [0.25, 0.3) is 0 Å². The van der Waals surface area contributed by atoms with Gasteiger partial charge >= 0.3 is 6.09 Å². The highest BCUT2D eigenvalue weighted by Crippen LogP contribution is 2.40. The van der Waals surface area contributed by atoms with Crippen LogP contribution in [0.15, 0.2) is 30.4 Å². The number of allylic oxidation sites excluding steroid dienone is 1. The van der Waals surface area contributed by atoms with Gasteiger partial charge in [0.05, 0.1) is 6.04 Å². The Morgan fingerprint density at radius 1 is 1.32 bits per heavy atom. The van der Waals surface area contributed by atoms with Gasteiger partial charge in [0.15, 0.2) is 0 Å². The van der Waals surface area contributed by atoms with Crippen molar-refractivity contribution in [2.45, 2.75) is 64.6 Å². The summed E-state index contributed by atoms with van der Waals surface area (Å²) in [6, 6.07) is 6.71. The molecule has 0 aromatic heterocycles. The summed E-state index contributed by atoms with van der Waals surface area (Å²) >= 11 is 0. The number of amides is 1. The van der Waals surface area contributed by atoms with E-state index in [9.17, 15) is 4.79 Å². The highest BCUT2D eigenvalue weighted by molar-refractivity contribution is 5.70. The second-order valence-corrected chi connectivity index (χ2v) is 7.41. The standard InChI is InChI=1S/C19H25NO2/c1-13-9-10-14-12-20(18(21)22-19(2,3)4)17-8-6-5-7-15(17)16(14)11-13/h6,8-11,15,17H,5,7,12H2,1-4H3/t15-,17-/m0/s1. The van der Waals surface area contributed by atoms with Crippen LogP contribution in [0.1, 0.15) is 56.2 Å². The summed E-state index contributed by atoms with van der Waals surface area (Å²) in [5, 5.41) is 0. The first-order valence-electron chi connectivity index (χ1n) is 8.11. The summed E-state index contributed by atoms with van der Waals surface area (Å²) in [6.45, 7) is 8.52. The second-order valence-electron chi connectivity index (χ2n) is 7.41. The lowest BCUT2D eigenvalue weighted by Gasteiger charge is -2.43. The van der Waals surface area contributed by atoms with E-state index >= 15 is 0 Å². The molecule has 1 aliphatic carbocycles. The fourth-order valence-electron chi connectivity index (χ4n) is 3.48. The molecule has 2 aliphatic rings. The first-order chi connectivity index (χ1) is 10.3. The number of carbonyl (C=O) groups is 1. The van der Waals surface area contributed by atoms with Gasteiger partial charge in [-0.05, 0) is 51.7 Å². The number of benzene rings is 1. The number of rotatable bonds is 0. The number of fused-ring (bicyclic) bond motifs is 3. The van der Waals surface area contributed by atoms with Crippen molar-refractivity contribution < 1.29 is 9.53 Å². The van der Waals surface area contributed by atoms with E-state index in [1.807, 2.05) is 25.7 Å². The number of ether oxygens (including phenoxy) is 1. The zero-order valence-electron chi connectivity index (χ0n) is 13.9. The van der Waals surface area contributed by atoms with E-state index < -0.39 is 5.60 Å². The SMILES string of the molecule is Cc1ccc2c(c1)[C@@H]1CCC=C[C@@H]1N(C(=O)OC(C)(C)C)C2. The van der Waals surface area contributed by atoms with Gasteiger partial charge in [-0.1, -0.05) is 35.9 Å². The van der Waals surface area contributed by atoms with Crippen molar-refractivity contribution in [1.82, 2.24) is 4.90 Å². The largest absolute Gasteiger partial charge is 0.444 e. The third kappa shape index (κ3) is 2.90. The lowest BCUT2D eigenvalue weighted by Crippen LogP contribution is -2.48. The minimum absolute atomic E-state index is 0.123. The third-order valence-corrected chi connectivity index (χ3v) is 4.42. The van der Waals surface area contributed by atoms with Gasteiger partial charge < -0.3 is 4.74 Å². The number of hydrogen-bond acceptors (Lipinski definition) is 2. The summed E-state index contributed by atoms with van der Waals surface area (Å²) < 4.78 is 5.62. The lowest BCUT2D eigenvalue weighted by atomic mass is 9.77. The first-order valence-corrected chi connectivity index (χ1v) is 8.11. The Bertz CT molecular complexity index is 612. The molecule has 118 valence electrons. The monoisotopic (exact) mass is 299 g/mol. The maximum atomic E-state index is 12.6. The molecule has 0 unspecified atom stereocenters. The van der Waals surface area contributed by atoms with Crippen molar-refractivity contribution in [2.24, 2.45) is 0 Å². The van der Waals surface area contributed by atoms with Gasteiger partial charge in [-0.25, -0.2) is 4.79 Å². The first kappa shape index (κ1) is 15.1. The van der Waals surface area contributed by atoms with Crippen molar-refractivity contribution in [3.63, 3.8) is 0 Å². The van der Waals surface area contributed by atoms with Crippen molar-refractivity contribution in [3.8, 4) is 0 Å². The predicted molar refractivity (Wildman–Crippen MR) is 87.9 cm³/mol. The van der Waals surface area contributed by atoms with Crippen molar-refractivity contribution >= 4 is 6.09 Å². The minimum Gasteiger partial charge on any atom is -0.444 e. The number of aryl methyl sites for hydroxylation is 1. The topological polar surface area (TPSA) is 29.5 Å². The number of carbonyl (C=O) groups excluding carboxylic acids is 1. The van der Waals surface area contributed by atoms with Crippen LogP contribution in [-0.4, -0.2) is 22.6 Å². The van der Waals surface area contributed by atoms with E-state index in [-0.39, 0.29) is 12.1 Å².